The predicted octanol–water partition coefficient (Wildman–Crippen LogP) is 1.36. The fourth-order valence-electron chi connectivity index (χ4n) is 2.50. The molecule has 3 heterocycles. The molecule has 2 N–H and O–H groups in total. The number of nitrogens with zero attached hydrogens (tertiary/aromatic N) is 3. The Bertz CT molecular complexity index is 587. The summed E-state index contributed by atoms with van der Waals surface area (Å²) in [5, 5.41) is 10.1. The largest absolute Gasteiger partial charge is 0.465 e. The van der Waals surface area contributed by atoms with Gasteiger partial charge in [0.05, 0.1) is 11.7 Å². The van der Waals surface area contributed by atoms with E-state index in [1.807, 2.05) is 18.5 Å². The quantitative estimate of drug-likeness (QED) is 0.855. The minimum absolute atomic E-state index is 0.583. The van der Waals surface area contributed by atoms with Crippen molar-refractivity contribution in [1.29, 1.82) is 0 Å². The average Bonchev–Trinajstić information content (AvgIpc) is 2.83. The van der Waals surface area contributed by atoms with E-state index in [0.717, 1.165) is 25.2 Å². The van der Waals surface area contributed by atoms with E-state index >= 15 is 0 Å². The van der Waals surface area contributed by atoms with E-state index in [4.69, 9.17) is 5.11 Å². The summed E-state index contributed by atoms with van der Waals surface area (Å²) in [6.45, 7) is 3.57. The van der Waals surface area contributed by atoms with Gasteiger partial charge in [0.1, 0.15) is 0 Å². The second-order valence-corrected chi connectivity index (χ2v) is 4.78. The summed E-state index contributed by atoms with van der Waals surface area (Å²) < 4.78 is 0. The average molecular weight is 260 g/mol. The van der Waals surface area contributed by atoms with Gasteiger partial charge in [-0.3, -0.25) is 9.88 Å². The smallest absolute Gasteiger partial charge is 0.407 e. The van der Waals surface area contributed by atoms with E-state index in [1.165, 1.54) is 15.8 Å². The summed E-state index contributed by atoms with van der Waals surface area (Å²) in [4.78, 5) is 21.9. The van der Waals surface area contributed by atoms with E-state index in [1.54, 1.807) is 6.20 Å². The third-order valence-electron chi connectivity index (χ3n) is 3.61. The molecule has 1 aliphatic rings. The molecule has 100 valence electrons. The zero-order valence-electron chi connectivity index (χ0n) is 10.5. The second-order valence-electron chi connectivity index (χ2n) is 4.78. The normalized spacial score (nSPS) is 16.9. The van der Waals surface area contributed by atoms with Gasteiger partial charge in [-0.2, -0.15) is 0 Å². The summed E-state index contributed by atoms with van der Waals surface area (Å²) in [7, 11) is 0. The van der Waals surface area contributed by atoms with Crippen LogP contribution >= 0.6 is 0 Å². The molecule has 2 aromatic rings. The molecule has 0 atom stereocenters. The van der Waals surface area contributed by atoms with Crippen molar-refractivity contribution in [3.8, 4) is 0 Å². The molecule has 1 amide bonds. The Labute approximate surface area is 110 Å². The number of hydrogen-bond donors (Lipinski definition) is 2. The van der Waals surface area contributed by atoms with Crippen LogP contribution in [0, 0.1) is 0 Å². The topological polar surface area (TPSA) is 72.5 Å². The number of nitrogens with one attached hydrogen (secondary N) is 1. The number of carboxylic acid groups (broad SMARTS) is 1. The molecule has 3 rings (SSSR count). The fourth-order valence-corrected chi connectivity index (χ4v) is 2.50. The summed E-state index contributed by atoms with van der Waals surface area (Å²) in [6.07, 6.45) is 4.80. The first-order chi connectivity index (χ1) is 9.24. The third kappa shape index (κ3) is 2.39. The molecule has 2 aromatic heterocycles. The van der Waals surface area contributed by atoms with Crippen molar-refractivity contribution in [3.05, 3.63) is 30.2 Å². The van der Waals surface area contributed by atoms with E-state index < -0.39 is 6.09 Å². The molecule has 6 nitrogen and oxygen atoms in total. The Hall–Kier alpha value is -2.08. The van der Waals surface area contributed by atoms with Gasteiger partial charge in [-0.25, -0.2) is 4.79 Å². The van der Waals surface area contributed by atoms with Crippen LogP contribution in [-0.2, 0) is 6.54 Å². The monoisotopic (exact) mass is 260 g/mol. The van der Waals surface area contributed by atoms with Gasteiger partial charge in [0.25, 0.3) is 0 Å². The number of carbonyl (C=O) groups is 1. The summed E-state index contributed by atoms with van der Waals surface area (Å²) in [6, 6.07) is 2.01. The second kappa shape index (κ2) is 4.89. The van der Waals surface area contributed by atoms with E-state index in [0.29, 0.717) is 13.1 Å². The van der Waals surface area contributed by atoms with Gasteiger partial charge >= 0.3 is 6.09 Å². The fraction of sp³-hybridized carbons (Fsp3) is 0.385. The van der Waals surface area contributed by atoms with E-state index in [9.17, 15) is 4.79 Å². The minimum Gasteiger partial charge on any atom is -0.465 e. The van der Waals surface area contributed by atoms with Crippen molar-refractivity contribution in [2.75, 3.05) is 26.2 Å². The van der Waals surface area contributed by atoms with Gasteiger partial charge in [0.15, 0.2) is 0 Å². The van der Waals surface area contributed by atoms with Crippen LogP contribution in [0.1, 0.15) is 5.56 Å². The number of rotatable bonds is 2. The van der Waals surface area contributed by atoms with E-state index in [-0.39, 0.29) is 0 Å². The van der Waals surface area contributed by atoms with Crippen molar-refractivity contribution >= 4 is 17.0 Å². The lowest BCUT2D eigenvalue weighted by Crippen LogP contribution is -2.47. The van der Waals surface area contributed by atoms with E-state index in [2.05, 4.69) is 14.9 Å². The number of pyridine rings is 1. The Morgan fingerprint density at radius 3 is 2.89 bits per heavy atom. The van der Waals surface area contributed by atoms with Crippen LogP contribution in [0.2, 0.25) is 0 Å². The maximum absolute atomic E-state index is 10.8. The zero-order valence-corrected chi connectivity index (χ0v) is 10.5. The molecule has 1 aliphatic heterocycles. The van der Waals surface area contributed by atoms with Gasteiger partial charge in [-0.15, -0.1) is 0 Å². The van der Waals surface area contributed by atoms with Crippen molar-refractivity contribution in [3.63, 3.8) is 0 Å². The van der Waals surface area contributed by atoms with Gasteiger partial charge in [0.2, 0.25) is 0 Å². The van der Waals surface area contributed by atoms with Gasteiger partial charge in [0, 0.05) is 50.5 Å². The third-order valence-corrected chi connectivity index (χ3v) is 3.61. The highest BCUT2D eigenvalue weighted by Crippen LogP contribution is 2.19. The van der Waals surface area contributed by atoms with Gasteiger partial charge < -0.3 is 15.0 Å². The molecule has 0 saturated carbocycles. The lowest BCUT2D eigenvalue weighted by molar-refractivity contribution is 0.103. The van der Waals surface area contributed by atoms with Crippen LogP contribution < -0.4 is 0 Å². The standard InChI is InChI=1S/C13H16N4O2/c18-13(19)17-5-3-16(4-6-17)9-10-7-15-12-8-14-2-1-11(10)12/h1-2,7-8,15H,3-6,9H2,(H,18,19). The van der Waals surface area contributed by atoms with Gasteiger partial charge in [-0.05, 0) is 11.6 Å². The summed E-state index contributed by atoms with van der Waals surface area (Å²) >= 11 is 0. The Morgan fingerprint density at radius 1 is 1.37 bits per heavy atom. The van der Waals surface area contributed by atoms with Crippen molar-refractivity contribution in [1.82, 2.24) is 19.8 Å². The van der Waals surface area contributed by atoms with Crippen LogP contribution in [0.3, 0.4) is 0 Å². The van der Waals surface area contributed by atoms with Crippen LogP contribution in [0.25, 0.3) is 10.9 Å². The summed E-state index contributed by atoms with van der Waals surface area (Å²) in [5.74, 6) is 0. The molecule has 6 heteroatoms. The zero-order chi connectivity index (χ0) is 13.2. The first-order valence-corrected chi connectivity index (χ1v) is 6.34. The summed E-state index contributed by atoms with van der Waals surface area (Å²) in [5.41, 5.74) is 2.28. The molecule has 0 bridgehead atoms. The number of aromatic amines is 1. The molecule has 1 saturated heterocycles. The molecule has 19 heavy (non-hydrogen) atoms. The van der Waals surface area contributed by atoms with Crippen LogP contribution in [0.4, 0.5) is 4.79 Å². The molecule has 0 aromatic carbocycles. The Balaban J connectivity index is 1.68. The molecule has 0 radical (unpaired) electrons. The minimum atomic E-state index is -0.821. The highest BCUT2D eigenvalue weighted by Gasteiger charge is 2.20. The number of fused-ring (bicyclic) bond motifs is 1. The molecule has 0 spiro atoms. The molecule has 0 unspecified atom stereocenters. The highest BCUT2D eigenvalue weighted by molar-refractivity contribution is 5.82. The van der Waals surface area contributed by atoms with Crippen LogP contribution in [0.15, 0.2) is 24.7 Å². The molecular formula is C13H16N4O2. The maximum atomic E-state index is 10.8. The number of piperazine rings is 1. The molecular weight excluding hydrogens is 244 g/mol. The van der Waals surface area contributed by atoms with Crippen molar-refractivity contribution < 1.29 is 9.90 Å². The molecule has 0 aliphatic carbocycles. The van der Waals surface area contributed by atoms with Crippen LogP contribution in [-0.4, -0.2) is 57.1 Å². The Kier molecular flexibility index (Phi) is 3.08. The first-order valence-electron chi connectivity index (χ1n) is 6.34. The number of hydrogen-bond acceptors (Lipinski definition) is 3. The maximum Gasteiger partial charge on any atom is 0.407 e. The lowest BCUT2D eigenvalue weighted by atomic mass is 10.2. The van der Waals surface area contributed by atoms with Crippen molar-refractivity contribution in [2.45, 2.75) is 6.54 Å². The SMILES string of the molecule is O=C(O)N1CCN(Cc2c[nH]c3cnccc23)CC1. The Morgan fingerprint density at radius 2 is 2.16 bits per heavy atom. The van der Waals surface area contributed by atoms with Crippen LogP contribution in [0.5, 0.6) is 0 Å². The highest BCUT2D eigenvalue weighted by atomic mass is 16.4. The molecule has 1 fully saturated rings. The van der Waals surface area contributed by atoms with Gasteiger partial charge in [-0.1, -0.05) is 0 Å². The number of amides is 1. The predicted molar refractivity (Wildman–Crippen MR) is 71.0 cm³/mol. The van der Waals surface area contributed by atoms with Crippen molar-refractivity contribution in [2.24, 2.45) is 0 Å². The first kappa shape index (κ1) is 12.0. The number of aromatic nitrogens is 2. The number of H-pyrrole nitrogens is 1. The lowest BCUT2D eigenvalue weighted by Gasteiger charge is -2.32.